The SMILES string of the molecule is CN=C(N)/C(C(=O)Nc1ccc(F)c(Cl)c1)=C(\N)C1CC2CC(CNC(=O)CCCCCN)CC2C1. The Morgan fingerprint density at radius 3 is 2.42 bits per heavy atom. The van der Waals surface area contributed by atoms with E-state index in [-0.39, 0.29) is 28.3 Å². The second kappa shape index (κ2) is 13.1. The molecule has 0 aliphatic heterocycles. The molecule has 0 heterocycles. The molecule has 2 unspecified atom stereocenters. The minimum absolute atomic E-state index is 0.0240. The molecule has 2 aliphatic carbocycles. The van der Waals surface area contributed by atoms with Crippen molar-refractivity contribution in [1.82, 2.24) is 5.32 Å². The first-order valence-electron chi connectivity index (χ1n) is 12.7. The van der Waals surface area contributed by atoms with Crippen LogP contribution in [0.15, 0.2) is 34.5 Å². The number of rotatable bonds is 11. The van der Waals surface area contributed by atoms with Gasteiger partial charge in [0.05, 0.1) is 5.02 Å². The highest BCUT2D eigenvalue weighted by molar-refractivity contribution is 6.31. The van der Waals surface area contributed by atoms with Crippen LogP contribution in [0.3, 0.4) is 0 Å². The minimum atomic E-state index is -0.572. The summed E-state index contributed by atoms with van der Waals surface area (Å²) in [6.45, 7) is 1.38. The lowest BCUT2D eigenvalue weighted by atomic mass is 9.93. The van der Waals surface area contributed by atoms with Gasteiger partial charge in [0.15, 0.2) is 0 Å². The number of aliphatic imine (C=N–C) groups is 1. The molecule has 0 aromatic heterocycles. The number of hydrogen-bond acceptors (Lipinski definition) is 5. The lowest BCUT2D eigenvalue weighted by molar-refractivity contribution is -0.121. The molecule has 0 radical (unpaired) electrons. The second-order valence-electron chi connectivity index (χ2n) is 9.95. The summed E-state index contributed by atoms with van der Waals surface area (Å²) in [5.74, 6) is 0.590. The third-order valence-corrected chi connectivity index (χ3v) is 7.73. The number of amidine groups is 1. The van der Waals surface area contributed by atoms with E-state index in [9.17, 15) is 14.0 Å². The van der Waals surface area contributed by atoms with E-state index in [1.165, 1.54) is 25.2 Å². The average Bonchev–Trinajstić information content (AvgIpc) is 3.42. The van der Waals surface area contributed by atoms with E-state index in [1.54, 1.807) is 0 Å². The number of allylic oxidation sites excluding steroid dienone is 1. The number of benzene rings is 1. The van der Waals surface area contributed by atoms with Gasteiger partial charge in [-0.05, 0) is 86.9 Å². The molecule has 2 amide bonds. The number of unbranched alkanes of at least 4 members (excludes halogenated alkanes) is 2. The van der Waals surface area contributed by atoms with Crippen LogP contribution in [0.5, 0.6) is 0 Å². The molecule has 2 aliphatic rings. The average molecular weight is 521 g/mol. The summed E-state index contributed by atoms with van der Waals surface area (Å²) < 4.78 is 13.5. The number of carbonyl (C=O) groups is 2. The van der Waals surface area contributed by atoms with Crippen molar-refractivity contribution in [2.24, 2.45) is 45.9 Å². The second-order valence-corrected chi connectivity index (χ2v) is 10.4. The first kappa shape index (κ1) is 27.9. The Balaban J connectivity index is 1.57. The van der Waals surface area contributed by atoms with E-state index in [1.807, 2.05) is 0 Å². The molecule has 2 atom stereocenters. The number of hydrogen-bond donors (Lipinski definition) is 5. The van der Waals surface area contributed by atoms with Gasteiger partial charge in [0.25, 0.3) is 5.91 Å². The Morgan fingerprint density at radius 2 is 1.81 bits per heavy atom. The highest BCUT2D eigenvalue weighted by Crippen LogP contribution is 2.50. The number of amides is 2. The third kappa shape index (κ3) is 7.20. The van der Waals surface area contributed by atoms with Crippen molar-refractivity contribution in [3.8, 4) is 0 Å². The molecule has 0 bridgehead atoms. The monoisotopic (exact) mass is 520 g/mol. The lowest BCUT2D eigenvalue weighted by Gasteiger charge is -2.19. The smallest absolute Gasteiger partial charge is 0.261 e. The van der Waals surface area contributed by atoms with E-state index in [0.29, 0.717) is 48.6 Å². The maximum atomic E-state index is 13.5. The molecule has 0 saturated heterocycles. The highest BCUT2D eigenvalue weighted by atomic mass is 35.5. The van der Waals surface area contributed by atoms with Crippen LogP contribution in [0.25, 0.3) is 0 Å². The summed E-state index contributed by atoms with van der Waals surface area (Å²) in [5.41, 5.74) is 19.0. The van der Waals surface area contributed by atoms with Crippen LogP contribution in [-0.4, -0.2) is 37.8 Å². The van der Waals surface area contributed by atoms with Crippen molar-refractivity contribution in [2.75, 3.05) is 25.5 Å². The molecule has 2 fully saturated rings. The topological polar surface area (TPSA) is 149 Å². The fraction of sp³-hybridized carbons (Fsp3) is 0.577. The number of fused-ring (bicyclic) bond motifs is 1. The fourth-order valence-electron chi connectivity index (χ4n) is 5.59. The number of anilines is 1. The standard InChI is InChI=1S/C26H38ClFN6O2/c1-32-25(31)23(26(36)34-19-6-7-21(28)20(27)13-19)24(30)18-11-16-9-15(10-17(16)12-18)14-33-22(35)5-3-2-4-8-29/h6-7,13,15-18H,2-5,8-12,14,29-30H2,1H3,(H2,31,32)(H,33,35)(H,34,36)/b24-23+. The molecule has 0 spiro atoms. The van der Waals surface area contributed by atoms with Crippen molar-refractivity contribution >= 4 is 34.9 Å². The maximum Gasteiger partial charge on any atom is 0.261 e. The Bertz CT molecular complexity index is 1000. The third-order valence-electron chi connectivity index (χ3n) is 7.44. The van der Waals surface area contributed by atoms with Crippen LogP contribution in [0.2, 0.25) is 5.02 Å². The summed E-state index contributed by atoms with van der Waals surface area (Å²) in [4.78, 5) is 29.2. The molecule has 3 rings (SSSR count). The summed E-state index contributed by atoms with van der Waals surface area (Å²) in [6.07, 6.45) is 7.19. The van der Waals surface area contributed by atoms with Crippen molar-refractivity contribution < 1.29 is 14.0 Å². The normalized spacial score (nSPS) is 24.3. The van der Waals surface area contributed by atoms with Crippen molar-refractivity contribution in [3.63, 3.8) is 0 Å². The molecule has 1 aromatic rings. The zero-order valence-corrected chi connectivity index (χ0v) is 21.6. The van der Waals surface area contributed by atoms with Gasteiger partial charge in [-0.2, -0.15) is 0 Å². The van der Waals surface area contributed by atoms with Crippen molar-refractivity contribution in [1.29, 1.82) is 0 Å². The van der Waals surface area contributed by atoms with Crippen molar-refractivity contribution in [3.05, 3.63) is 40.3 Å². The van der Waals surface area contributed by atoms with Gasteiger partial charge in [-0.15, -0.1) is 0 Å². The molecule has 198 valence electrons. The molecule has 8 N–H and O–H groups in total. The van der Waals surface area contributed by atoms with E-state index in [4.69, 9.17) is 28.8 Å². The van der Waals surface area contributed by atoms with Gasteiger partial charge >= 0.3 is 0 Å². The van der Waals surface area contributed by atoms with E-state index >= 15 is 0 Å². The predicted molar refractivity (Wildman–Crippen MR) is 142 cm³/mol. The van der Waals surface area contributed by atoms with E-state index in [0.717, 1.165) is 44.9 Å². The van der Waals surface area contributed by atoms with Crippen LogP contribution >= 0.6 is 11.6 Å². The quantitative estimate of drug-likeness (QED) is 0.131. The van der Waals surface area contributed by atoms with Crippen LogP contribution in [0.1, 0.15) is 51.4 Å². The summed E-state index contributed by atoms with van der Waals surface area (Å²) >= 11 is 5.83. The fourth-order valence-corrected chi connectivity index (χ4v) is 5.77. The number of nitrogens with one attached hydrogen (secondary N) is 2. The van der Waals surface area contributed by atoms with E-state index in [2.05, 4.69) is 15.6 Å². The van der Waals surface area contributed by atoms with Gasteiger partial charge in [0, 0.05) is 31.4 Å². The molecule has 10 heteroatoms. The van der Waals surface area contributed by atoms with Crippen LogP contribution in [-0.2, 0) is 9.59 Å². The molecule has 36 heavy (non-hydrogen) atoms. The largest absolute Gasteiger partial charge is 0.401 e. The number of nitrogens with two attached hydrogens (primary N) is 3. The summed E-state index contributed by atoms with van der Waals surface area (Å²) in [5, 5.41) is 5.70. The Morgan fingerprint density at radius 1 is 1.11 bits per heavy atom. The van der Waals surface area contributed by atoms with Crippen molar-refractivity contribution in [2.45, 2.75) is 51.4 Å². The van der Waals surface area contributed by atoms with Gasteiger partial charge in [-0.3, -0.25) is 14.6 Å². The van der Waals surface area contributed by atoms with Crippen LogP contribution < -0.4 is 27.8 Å². The van der Waals surface area contributed by atoms with Gasteiger partial charge in [-0.1, -0.05) is 18.0 Å². The Hall–Kier alpha value is -2.65. The molecular weight excluding hydrogens is 483 g/mol. The minimum Gasteiger partial charge on any atom is -0.401 e. The van der Waals surface area contributed by atoms with E-state index < -0.39 is 11.7 Å². The van der Waals surface area contributed by atoms with Gasteiger partial charge < -0.3 is 27.8 Å². The summed E-state index contributed by atoms with van der Waals surface area (Å²) in [6, 6.07) is 3.94. The highest BCUT2D eigenvalue weighted by Gasteiger charge is 2.43. The summed E-state index contributed by atoms with van der Waals surface area (Å²) in [7, 11) is 1.51. The van der Waals surface area contributed by atoms with Gasteiger partial charge in [0.2, 0.25) is 5.91 Å². The Kier molecular flexibility index (Phi) is 10.1. The zero-order valence-electron chi connectivity index (χ0n) is 20.9. The number of nitrogens with zero attached hydrogens (tertiary/aromatic N) is 1. The zero-order chi connectivity index (χ0) is 26.2. The lowest BCUT2D eigenvalue weighted by Crippen LogP contribution is -2.31. The first-order valence-corrected chi connectivity index (χ1v) is 13.1. The van der Waals surface area contributed by atoms with Crippen LogP contribution in [0, 0.1) is 29.5 Å². The molecule has 1 aromatic carbocycles. The first-order chi connectivity index (χ1) is 17.2. The number of carbonyl (C=O) groups excluding carboxylic acids is 2. The predicted octanol–water partition coefficient (Wildman–Crippen LogP) is 3.31. The molecule has 2 saturated carbocycles. The van der Waals surface area contributed by atoms with Crippen LogP contribution in [0.4, 0.5) is 10.1 Å². The maximum absolute atomic E-state index is 13.5. The molecular formula is C26H38ClFN6O2. The molecule has 8 nitrogen and oxygen atoms in total. The Labute approximate surface area is 217 Å². The number of halogens is 2. The van der Waals surface area contributed by atoms with Gasteiger partial charge in [-0.25, -0.2) is 4.39 Å². The van der Waals surface area contributed by atoms with Gasteiger partial charge in [0.1, 0.15) is 17.2 Å².